The highest BCUT2D eigenvalue weighted by molar-refractivity contribution is 6.30. The van der Waals surface area contributed by atoms with E-state index in [1.165, 1.54) is 5.56 Å². The number of benzene rings is 2. The molecule has 1 heterocycles. The number of urea groups is 1. The van der Waals surface area contributed by atoms with Crippen molar-refractivity contribution in [2.45, 2.75) is 26.6 Å². The van der Waals surface area contributed by atoms with Gasteiger partial charge in [0.15, 0.2) is 0 Å². The second-order valence-electron chi connectivity index (χ2n) is 6.28. The normalized spacial score (nSPS) is 10.5. The molecule has 3 aromatic rings. The number of rotatable bonds is 6. The highest BCUT2D eigenvalue weighted by Gasteiger charge is 2.05. The predicted octanol–water partition coefficient (Wildman–Crippen LogP) is 4.50. The first-order valence-corrected chi connectivity index (χ1v) is 8.93. The van der Waals surface area contributed by atoms with Crippen LogP contribution in [0.15, 0.2) is 66.9 Å². The third kappa shape index (κ3) is 5.14. The Morgan fingerprint density at radius 1 is 0.923 bits per heavy atom. The Hall–Kier alpha value is -2.72. The molecular formula is C21H22ClN3O. The maximum Gasteiger partial charge on any atom is 0.315 e. The van der Waals surface area contributed by atoms with Crippen LogP contribution in [-0.4, -0.2) is 10.6 Å². The number of amides is 2. The Balaban J connectivity index is 1.50. The number of aryl methyl sites for hydroxylation is 1. The lowest BCUT2D eigenvalue weighted by Gasteiger charge is -2.11. The number of carbonyl (C=O) groups is 1. The van der Waals surface area contributed by atoms with Gasteiger partial charge in [-0.1, -0.05) is 53.6 Å². The fourth-order valence-corrected chi connectivity index (χ4v) is 2.80. The summed E-state index contributed by atoms with van der Waals surface area (Å²) < 4.78 is 2.11. The van der Waals surface area contributed by atoms with Crippen LogP contribution in [0.4, 0.5) is 4.79 Å². The molecule has 0 unspecified atom stereocenters. The van der Waals surface area contributed by atoms with Gasteiger partial charge >= 0.3 is 6.03 Å². The van der Waals surface area contributed by atoms with Crippen molar-refractivity contribution in [1.82, 2.24) is 15.2 Å². The zero-order valence-electron chi connectivity index (χ0n) is 14.7. The van der Waals surface area contributed by atoms with Crippen LogP contribution in [0.5, 0.6) is 0 Å². The van der Waals surface area contributed by atoms with Crippen molar-refractivity contribution in [1.29, 1.82) is 0 Å². The van der Waals surface area contributed by atoms with Gasteiger partial charge in [-0.3, -0.25) is 0 Å². The van der Waals surface area contributed by atoms with Crippen molar-refractivity contribution < 1.29 is 4.79 Å². The molecule has 0 saturated carbocycles. The van der Waals surface area contributed by atoms with Gasteiger partial charge < -0.3 is 15.2 Å². The number of hydrogen-bond donors (Lipinski definition) is 2. The summed E-state index contributed by atoms with van der Waals surface area (Å²) in [5.41, 5.74) is 4.50. The maximum absolute atomic E-state index is 12.0. The van der Waals surface area contributed by atoms with Crippen molar-refractivity contribution in [3.63, 3.8) is 0 Å². The van der Waals surface area contributed by atoms with Crippen molar-refractivity contribution in [3.8, 4) is 0 Å². The number of nitrogens with one attached hydrogen (secondary N) is 2. The van der Waals surface area contributed by atoms with E-state index in [4.69, 9.17) is 11.6 Å². The second kappa shape index (κ2) is 8.59. The highest BCUT2D eigenvalue weighted by atomic mass is 35.5. The zero-order chi connectivity index (χ0) is 18.4. The van der Waals surface area contributed by atoms with Crippen molar-refractivity contribution in [2.75, 3.05) is 0 Å². The van der Waals surface area contributed by atoms with Crippen LogP contribution in [0.2, 0.25) is 5.02 Å². The molecule has 4 nitrogen and oxygen atoms in total. The molecule has 0 spiro atoms. The molecule has 1 aromatic heterocycles. The molecule has 0 radical (unpaired) electrons. The topological polar surface area (TPSA) is 46.1 Å². The minimum atomic E-state index is -0.176. The van der Waals surface area contributed by atoms with E-state index in [1.807, 2.05) is 73.8 Å². The fourth-order valence-electron chi connectivity index (χ4n) is 2.67. The molecule has 2 amide bonds. The molecule has 0 aliphatic rings. The van der Waals surface area contributed by atoms with Crippen molar-refractivity contribution in [3.05, 3.63) is 94.3 Å². The molecule has 3 rings (SSSR count). The van der Waals surface area contributed by atoms with Crippen LogP contribution in [0, 0.1) is 6.92 Å². The molecule has 0 aliphatic heterocycles. The smallest absolute Gasteiger partial charge is 0.315 e. The van der Waals surface area contributed by atoms with Crippen molar-refractivity contribution >= 4 is 17.6 Å². The third-order valence-electron chi connectivity index (χ3n) is 4.19. The van der Waals surface area contributed by atoms with Gasteiger partial charge in [0.05, 0.1) is 6.54 Å². The Bertz CT molecular complexity index is 854. The minimum absolute atomic E-state index is 0.176. The average Bonchev–Trinajstić information content (AvgIpc) is 3.08. The van der Waals surface area contributed by atoms with Crippen LogP contribution < -0.4 is 10.6 Å². The van der Waals surface area contributed by atoms with Gasteiger partial charge in [0, 0.05) is 30.0 Å². The first-order valence-electron chi connectivity index (χ1n) is 8.56. The summed E-state index contributed by atoms with van der Waals surface area (Å²) in [6, 6.07) is 19.7. The summed E-state index contributed by atoms with van der Waals surface area (Å²) in [6.45, 7) is 3.77. The Labute approximate surface area is 158 Å². The molecular weight excluding hydrogens is 346 g/mol. The van der Waals surface area contributed by atoms with Crippen LogP contribution in [0.1, 0.15) is 22.4 Å². The van der Waals surface area contributed by atoms with Gasteiger partial charge in [-0.25, -0.2) is 4.79 Å². The summed E-state index contributed by atoms with van der Waals surface area (Å²) in [6.07, 6.45) is 2.01. The number of hydrogen-bond acceptors (Lipinski definition) is 1. The summed E-state index contributed by atoms with van der Waals surface area (Å²) >= 11 is 5.93. The molecule has 134 valence electrons. The van der Waals surface area contributed by atoms with E-state index >= 15 is 0 Å². The summed E-state index contributed by atoms with van der Waals surface area (Å²) in [7, 11) is 0. The van der Waals surface area contributed by atoms with E-state index < -0.39 is 0 Å². The second-order valence-corrected chi connectivity index (χ2v) is 6.71. The first-order chi connectivity index (χ1) is 12.6. The van der Waals surface area contributed by atoms with Crippen LogP contribution >= 0.6 is 11.6 Å². The molecule has 0 saturated heterocycles. The molecule has 0 aliphatic carbocycles. The largest absolute Gasteiger partial charge is 0.345 e. The summed E-state index contributed by atoms with van der Waals surface area (Å²) in [5.74, 6) is 0. The van der Waals surface area contributed by atoms with Gasteiger partial charge in [-0.2, -0.15) is 0 Å². The van der Waals surface area contributed by atoms with Gasteiger partial charge in [0.25, 0.3) is 0 Å². The number of carbonyl (C=O) groups excluding carboxylic acids is 1. The molecule has 0 atom stereocenters. The third-order valence-corrected chi connectivity index (χ3v) is 4.45. The summed E-state index contributed by atoms with van der Waals surface area (Å²) in [4.78, 5) is 12.0. The van der Waals surface area contributed by atoms with Gasteiger partial charge in [0.1, 0.15) is 0 Å². The monoisotopic (exact) mass is 367 g/mol. The van der Waals surface area contributed by atoms with Crippen LogP contribution in [0.25, 0.3) is 0 Å². The van der Waals surface area contributed by atoms with Crippen LogP contribution in [-0.2, 0) is 19.6 Å². The van der Waals surface area contributed by atoms with Gasteiger partial charge in [-0.15, -0.1) is 0 Å². The maximum atomic E-state index is 12.0. The van der Waals surface area contributed by atoms with E-state index in [9.17, 15) is 4.79 Å². The van der Waals surface area contributed by atoms with Gasteiger partial charge in [-0.05, 0) is 42.3 Å². The Morgan fingerprint density at radius 2 is 1.58 bits per heavy atom. The van der Waals surface area contributed by atoms with E-state index in [-0.39, 0.29) is 6.03 Å². The van der Waals surface area contributed by atoms with E-state index in [2.05, 4.69) is 15.2 Å². The summed E-state index contributed by atoms with van der Waals surface area (Å²) in [5, 5.41) is 6.52. The Morgan fingerprint density at radius 3 is 2.31 bits per heavy atom. The van der Waals surface area contributed by atoms with Crippen molar-refractivity contribution in [2.24, 2.45) is 0 Å². The SMILES string of the molecule is Cc1ccc(CNC(=O)NCc2cccn2Cc2ccc(Cl)cc2)cc1. The molecule has 0 bridgehead atoms. The van der Waals surface area contributed by atoms with Gasteiger partial charge in [0.2, 0.25) is 0 Å². The van der Waals surface area contributed by atoms with Crippen LogP contribution in [0.3, 0.4) is 0 Å². The number of halogens is 1. The number of aromatic nitrogens is 1. The molecule has 2 N–H and O–H groups in total. The Kier molecular flexibility index (Phi) is 5.97. The molecule has 2 aromatic carbocycles. The lowest BCUT2D eigenvalue weighted by atomic mass is 10.1. The van der Waals surface area contributed by atoms with E-state index in [0.717, 1.165) is 28.4 Å². The average molecular weight is 368 g/mol. The minimum Gasteiger partial charge on any atom is -0.345 e. The zero-order valence-corrected chi connectivity index (χ0v) is 15.5. The van der Waals surface area contributed by atoms with E-state index in [0.29, 0.717) is 13.1 Å². The van der Waals surface area contributed by atoms with E-state index in [1.54, 1.807) is 0 Å². The quantitative estimate of drug-likeness (QED) is 0.662. The molecule has 5 heteroatoms. The first kappa shape index (κ1) is 18.1. The number of nitrogens with zero attached hydrogens (tertiary/aromatic N) is 1. The highest BCUT2D eigenvalue weighted by Crippen LogP contribution is 2.12. The molecule has 26 heavy (non-hydrogen) atoms. The molecule has 0 fully saturated rings. The fraction of sp³-hybridized carbons (Fsp3) is 0.190. The predicted molar refractivity (Wildman–Crippen MR) is 105 cm³/mol. The lowest BCUT2D eigenvalue weighted by Crippen LogP contribution is -2.35. The lowest BCUT2D eigenvalue weighted by molar-refractivity contribution is 0.240. The standard InChI is InChI=1S/C21H22ClN3O/c1-16-4-6-17(7-5-16)13-23-21(26)24-14-20-3-2-12-25(20)15-18-8-10-19(22)11-9-18/h2-12H,13-15H2,1H3,(H2,23,24,26).